The number of aromatic nitrogens is 1. The fraction of sp³-hybridized carbons (Fsp3) is 0.111. The molecule has 0 aliphatic heterocycles. The van der Waals surface area contributed by atoms with Gasteiger partial charge in [-0.05, 0) is 71.6 Å². The molecular formula is C27H20BrN. The maximum Gasteiger partial charge on any atom is 0.0544 e. The SMILES string of the molecule is Cc1ccc2c(c1)C(C)c1cc3c(cc1-2)c1cc(Br)ccc1n3-c1ccccc1. The van der Waals surface area contributed by atoms with Crippen molar-refractivity contribution in [3.8, 4) is 16.8 Å². The Morgan fingerprint density at radius 2 is 1.48 bits per heavy atom. The highest BCUT2D eigenvalue weighted by Gasteiger charge is 2.27. The van der Waals surface area contributed by atoms with Gasteiger partial charge in [-0.3, -0.25) is 0 Å². The van der Waals surface area contributed by atoms with Gasteiger partial charge in [-0.2, -0.15) is 0 Å². The van der Waals surface area contributed by atoms with Crippen molar-refractivity contribution in [3.05, 3.63) is 100 Å². The van der Waals surface area contributed by atoms with E-state index < -0.39 is 0 Å². The van der Waals surface area contributed by atoms with Gasteiger partial charge >= 0.3 is 0 Å². The Labute approximate surface area is 178 Å². The van der Waals surface area contributed by atoms with Gasteiger partial charge in [0.15, 0.2) is 0 Å². The van der Waals surface area contributed by atoms with Crippen LogP contribution in [0.25, 0.3) is 38.6 Å². The molecule has 0 radical (unpaired) electrons. The van der Waals surface area contributed by atoms with Crippen molar-refractivity contribution in [2.45, 2.75) is 19.8 Å². The number of hydrogen-bond acceptors (Lipinski definition) is 0. The van der Waals surface area contributed by atoms with E-state index in [9.17, 15) is 0 Å². The van der Waals surface area contributed by atoms with E-state index in [0.29, 0.717) is 5.92 Å². The van der Waals surface area contributed by atoms with E-state index >= 15 is 0 Å². The second kappa shape index (κ2) is 6.08. The first kappa shape index (κ1) is 17.1. The van der Waals surface area contributed by atoms with E-state index in [4.69, 9.17) is 0 Å². The van der Waals surface area contributed by atoms with Crippen molar-refractivity contribution in [3.63, 3.8) is 0 Å². The van der Waals surface area contributed by atoms with Crippen molar-refractivity contribution in [1.29, 1.82) is 0 Å². The summed E-state index contributed by atoms with van der Waals surface area (Å²) in [6.07, 6.45) is 0. The third-order valence-electron chi connectivity index (χ3n) is 6.34. The molecule has 1 aliphatic carbocycles. The van der Waals surface area contributed by atoms with Crippen LogP contribution in [0.4, 0.5) is 0 Å². The average molecular weight is 438 g/mol. The van der Waals surface area contributed by atoms with E-state index in [1.807, 2.05) is 0 Å². The average Bonchev–Trinajstić information content (AvgIpc) is 3.19. The van der Waals surface area contributed by atoms with Crippen LogP contribution in [0.3, 0.4) is 0 Å². The van der Waals surface area contributed by atoms with Crippen molar-refractivity contribution in [2.24, 2.45) is 0 Å². The highest BCUT2D eigenvalue weighted by Crippen LogP contribution is 2.48. The molecule has 6 rings (SSSR count). The molecule has 0 N–H and O–H groups in total. The normalized spacial score (nSPS) is 15.1. The Balaban J connectivity index is 1.76. The molecule has 1 atom stereocenters. The molecule has 1 aromatic heterocycles. The zero-order valence-electron chi connectivity index (χ0n) is 16.4. The second-order valence-corrected chi connectivity index (χ2v) is 9.02. The number of halogens is 1. The summed E-state index contributed by atoms with van der Waals surface area (Å²) in [5.74, 6) is 0.415. The first-order chi connectivity index (χ1) is 14.1. The third-order valence-corrected chi connectivity index (χ3v) is 6.84. The van der Waals surface area contributed by atoms with Crippen LogP contribution < -0.4 is 0 Å². The lowest BCUT2D eigenvalue weighted by Gasteiger charge is -2.10. The summed E-state index contributed by atoms with van der Waals surface area (Å²) in [5.41, 5.74) is 10.7. The zero-order valence-corrected chi connectivity index (χ0v) is 18.0. The van der Waals surface area contributed by atoms with Gasteiger partial charge < -0.3 is 4.57 Å². The van der Waals surface area contributed by atoms with Gasteiger partial charge in [0.2, 0.25) is 0 Å². The van der Waals surface area contributed by atoms with Crippen molar-refractivity contribution in [1.82, 2.24) is 4.57 Å². The fourth-order valence-electron chi connectivity index (χ4n) is 4.95. The molecule has 0 bridgehead atoms. The summed E-state index contributed by atoms with van der Waals surface area (Å²) in [4.78, 5) is 0. The first-order valence-corrected chi connectivity index (χ1v) is 10.8. The molecule has 5 aromatic rings. The van der Waals surface area contributed by atoms with E-state index in [2.05, 4.69) is 113 Å². The van der Waals surface area contributed by atoms with E-state index in [0.717, 1.165) is 4.47 Å². The van der Waals surface area contributed by atoms with Gasteiger partial charge in [-0.15, -0.1) is 0 Å². The Kier molecular flexibility index (Phi) is 3.57. The van der Waals surface area contributed by atoms with Gasteiger partial charge in [0.05, 0.1) is 11.0 Å². The monoisotopic (exact) mass is 437 g/mol. The highest BCUT2D eigenvalue weighted by molar-refractivity contribution is 9.10. The number of nitrogens with zero attached hydrogens (tertiary/aromatic N) is 1. The summed E-state index contributed by atoms with van der Waals surface area (Å²) in [5, 5.41) is 2.60. The first-order valence-electron chi connectivity index (χ1n) is 10.1. The lowest BCUT2D eigenvalue weighted by molar-refractivity contribution is 0.955. The number of rotatable bonds is 1. The van der Waals surface area contributed by atoms with Crippen LogP contribution in [0.1, 0.15) is 29.5 Å². The molecule has 1 nitrogen and oxygen atoms in total. The van der Waals surface area contributed by atoms with Gasteiger partial charge in [0.25, 0.3) is 0 Å². The maximum absolute atomic E-state index is 3.68. The molecule has 0 saturated carbocycles. The maximum atomic E-state index is 3.68. The molecule has 2 heteroatoms. The van der Waals surface area contributed by atoms with Crippen LogP contribution in [0.15, 0.2) is 83.3 Å². The van der Waals surface area contributed by atoms with E-state index in [1.54, 1.807) is 0 Å². The Hall–Kier alpha value is -2.84. The summed E-state index contributed by atoms with van der Waals surface area (Å²) in [6, 6.07) is 29.0. The number of para-hydroxylation sites is 1. The predicted molar refractivity (Wildman–Crippen MR) is 126 cm³/mol. The van der Waals surface area contributed by atoms with Crippen LogP contribution in [0, 0.1) is 6.92 Å². The molecule has 0 fully saturated rings. The van der Waals surface area contributed by atoms with Gasteiger partial charge in [0, 0.05) is 26.9 Å². The largest absolute Gasteiger partial charge is 0.309 e. The topological polar surface area (TPSA) is 4.93 Å². The lowest BCUT2D eigenvalue weighted by Crippen LogP contribution is -1.95. The van der Waals surface area contributed by atoms with Crippen LogP contribution in [-0.2, 0) is 0 Å². The number of benzene rings is 4. The predicted octanol–water partition coefficient (Wildman–Crippen LogP) is 7.99. The summed E-state index contributed by atoms with van der Waals surface area (Å²) < 4.78 is 3.51. The number of aryl methyl sites for hydroxylation is 1. The van der Waals surface area contributed by atoms with Crippen LogP contribution in [0.5, 0.6) is 0 Å². The van der Waals surface area contributed by atoms with Crippen molar-refractivity contribution >= 4 is 37.7 Å². The standard InChI is InChI=1S/C27H20BrN/c1-16-8-10-20-21(12-16)17(2)22-15-27-25(14-23(20)22)24-13-18(28)9-11-26(24)29(27)19-6-4-3-5-7-19/h3-15,17H,1-2H3. The molecule has 1 heterocycles. The van der Waals surface area contributed by atoms with Crippen LogP contribution >= 0.6 is 15.9 Å². The minimum absolute atomic E-state index is 0.415. The molecule has 0 amide bonds. The fourth-order valence-corrected chi connectivity index (χ4v) is 5.31. The van der Waals surface area contributed by atoms with Gasteiger partial charge in [-0.25, -0.2) is 0 Å². The lowest BCUT2D eigenvalue weighted by atomic mass is 9.97. The second-order valence-electron chi connectivity index (χ2n) is 8.10. The number of fused-ring (bicyclic) bond motifs is 6. The smallest absolute Gasteiger partial charge is 0.0544 e. The van der Waals surface area contributed by atoms with Crippen LogP contribution in [-0.4, -0.2) is 4.57 Å². The Morgan fingerprint density at radius 1 is 0.724 bits per heavy atom. The van der Waals surface area contributed by atoms with Gasteiger partial charge in [0.1, 0.15) is 0 Å². The Morgan fingerprint density at radius 3 is 2.31 bits per heavy atom. The molecule has 1 unspecified atom stereocenters. The zero-order chi connectivity index (χ0) is 19.7. The molecule has 140 valence electrons. The molecule has 0 spiro atoms. The highest BCUT2D eigenvalue weighted by atomic mass is 79.9. The van der Waals surface area contributed by atoms with Gasteiger partial charge in [-0.1, -0.05) is 64.8 Å². The quantitative estimate of drug-likeness (QED) is 0.250. The molecular weight excluding hydrogens is 418 g/mol. The minimum atomic E-state index is 0.415. The summed E-state index contributed by atoms with van der Waals surface area (Å²) >= 11 is 3.68. The minimum Gasteiger partial charge on any atom is -0.309 e. The third kappa shape index (κ3) is 2.39. The molecule has 29 heavy (non-hydrogen) atoms. The van der Waals surface area contributed by atoms with Crippen molar-refractivity contribution in [2.75, 3.05) is 0 Å². The van der Waals surface area contributed by atoms with E-state index in [-0.39, 0.29) is 0 Å². The number of hydrogen-bond donors (Lipinski definition) is 0. The molecule has 0 saturated heterocycles. The molecule has 1 aliphatic rings. The summed E-state index contributed by atoms with van der Waals surface area (Å²) in [7, 11) is 0. The summed E-state index contributed by atoms with van der Waals surface area (Å²) in [6.45, 7) is 4.52. The van der Waals surface area contributed by atoms with Crippen LogP contribution in [0.2, 0.25) is 0 Å². The molecule has 4 aromatic carbocycles. The Bertz CT molecular complexity index is 1430. The van der Waals surface area contributed by atoms with Crippen molar-refractivity contribution < 1.29 is 0 Å². The van der Waals surface area contributed by atoms with E-state index in [1.165, 1.54) is 55.3 Å².